The molecule has 1 aromatic rings. The molecule has 1 aliphatic heterocycles. The maximum Gasteiger partial charge on any atom is 0.326 e. The molecule has 2 atom stereocenters. The second kappa shape index (κ2) is 6.53. The Kier molecular flexibility index (Phi) is 4.98. The third-order valence-electron chi connectivity index (χ3n) is 3.50. The highest BCUT2D eigenvalue weighted by molar-refractivity contribution is 14.1. The molecule has 0 saturated carbocycles. The summed E-state index contributed by atoms with van der Waals surface area (Å²) in [5, 5.41) is 9.22. The fourth-order valence-electron chi connectivity index (χ4n) is 2.38. The lowest BCUT2D eigenvalue weighted by Crippen LogP contribution is -2.41. The van der Waals surface area contributed by atoms with Crippen molar-refractivity contribution < 1.29 is 19.4 Å². The highest BCUT2D eigenvalue weighted by Gasteiger charge is 2.39. The van der Waals surface area contributed by atoms with Crippen LogP contribution < -0.4 is 0 Å². The zero-order valence-corrected chi connectivity index (χ0v) is 13.2. The minimum atomic E-state index is -0.972. The molecule has 0 aliphatic carbocycles. The third-order valence-corrected chi connectivity index (χ3v) is 4.55. The number of methoxy groups -OCH3 is 1. The number of ether oxygens (including phenoxy) is 1. The SMILES string of the molecule is COC1CC(C(=O)O)N(C(=O)Cc2ccccc2I)C1. The van der Waals surface area contributed by atoms with Gasteiger partial charge in [0.1, 0.15) is 6.04 Å². The van der Waals surface area contributed by atoms with Crippen molar-refractivity contribution in [1.82, 2.24) is 4.90 Å². The first-order valence-corrected chi connectivity index (χ1v) is 7.39. The van der Waals surface area contributed by atoms with Crippen LogP contribution in [0.5, 0.6) is 0 Å². The van der Waals surface area contributed by atoms with Crippen molar-refractivity contribution in [3.8, 4) is 0 Å². The van der Waals surface area contributed by atoms with Crippen molar-refractivity contribution in [3.63, 3.8) is 0 Å². The van der Waals surface area contributed by atoms with Crippen molar-refractivity contribution in [2.24, 2.45) is 0 Å². The van der Waals surface area contributed by atoms with Crippen molar-refractivity contribution in [3.05, 3.63) is 33.4 Å². The Morgan fingerprint density at radius 1 is 1.45 bits per heavy atom. The summed E-state index contributed by atoms with van der Waals surface area (Å²) in [4.78, 5) is 25.0. The first-order chi connectivity index (χ1) is 9.52. The van der Waals surface area contributed by atoms with Crippen LogP contribution in [0.1, 0.15) is 12.0 Å². The Balaban J connectivity index is 2.11. The summed E-state index contributed by atoms with van der Waals surface area (Å²) in [6.45, 7) is 0.343. The number of rotatable bonds is 4. The molecule has 2 unspecified atom stereocenters. The molecule has 1 amide bonds. The maximum atomic E-state index is 12.3. The van der Waals surface area contributed by atoms with E-state index in [1.807, 2.05) is 24.3 Å². The summed E-state index contributed by atoms with van der Waals surface area (Å²) in [6.07, 6.45) is 0.373. The summed E-state index contributed by atoms with van der Waals surface area (Å²) in [5.74, 6) is -1.14. The molecule has 0 spiro atoms. The van der Waals surface area contributed by atoms with Crippen LogP contribution in [-0.4, -0.2) is 47.7 Å². The molecule has 5 nitrogen and oxygen atoms in total. The minimum Gasteiger partial charge on any atom is -0.480 e. The van der Waals surface area contributed by atoms with Gasteiger partial charge >= 0.3 is 5.97 Å². The Morgan fingerprint density at radius 2 is 2.15 bits per heavy atom. The van der Waals surface area contributed by atoms with Crippen LogP contribution in [0.4, 0.5) is 0 Å². The average molecular weight is 389 g/mol. The molecule has 6 heteroatoms. The average Bonchev–Trinajstić information content (AvgIpc) is 2.86. The summed E-state index contributed by atoms with van der Waals surface area (Å²) >= 11 is 2.18. The predicted octanol–water partition coefficient (Wildman–Crippen LogP) is 1.53. The van der Waals surface area contributed by atoms with Crippen molar-refractivity contribution in [2.75, 3.05) is 13.7 Å². The van der Waals surface area contributed by atoms with Crippen molar-refractivity contribution in [1.29, 1.82) is 0 Å². The first kappa shape index (κ1) is 15.2. The fourth-order valence-corrected chi connectivity index (χ4v) is 2.96. The van der Waals surface area contributed by atoms with E-state index in [1.54, 1.807) is 0 Å². The highest BCUT2D eigenvalue weighted by atomic mass is 127. The van der Waals surface area contributed by atoms with Crippen LogP contribution in [-0.2, 0) is 20.7 Å². The number of nitrogens with zero attached hydrogens (tertiary/aromatic N) is 1. The molecule has 1 N–H and O–H groups in total. The number of hydrogen-bond donors (Lipinski definition) is 1. The summed E-state index contributed by atoms with van der Waals surface area (Å²) < 4.78 is 6.19. The van der Waals surface area contributed by atoms with E-state index in [1.165, 1.54) is 12.0 Å². The zero-order chi connectivity index (χ0) is 14.7. The molecule has 1 saturated heterocycles. The van der Waals surface area contributed by atoms with Crippen LogP contribution in [0.2, 0.25) is 0 Å². The van der Waals surface area contributed by atoms with Gasteiger partial charge < -0.3 is 14.7 Å². The van der Waals surface area contributed by atoms with E-state index in [0.717, 1.165) is 9.13 Å². The predicted molar refractivity (Wildman–Crippen MR) is 81.4 cm³/mol. The number of aliphatic carboxylic acids is 1. The number of hydrogen-bond acceptors (Lipinski definition) is 3. The van der Waals surface area contributed by atoms with Gasteiger partial charge in [0.15, 0.2) is 0 Å². The van der Waals surface area contributed by atoms with Gasteiger partial charge in [-0.25, -0.2) is 4.79 Å². The lowest BCUT2D eigenvalue weighted by atomic mass is 10.1. The standard InChI is InChI=1S/C14H16INO4/c1-20-10-7-12(14(18)19)16(8-10)13(17)6-9-4-2-3-5-11(9)15/h2-5,10,12H,6-8H2,1H3,(H,18,19). The van der Waals surface area contributed by atoms with Crippen LogP contribution >= 0.6 is 22.6 Å². The molecule has 1 heterocycles. The van der Waals surface area contributed by atoms with Crippen LogP contribution in [0, 0.1) is 3.57 Å². The maximum absolute atomic E-state index is 12.3. The molecule has 0 aromatic heterocycles. The van der Waals surface area contributed by atoms with Gasteiger partial charge in [-0.15, -0.1) is 0 Å². The quantitative estimate of drug-likeness (QED) is 0.794. The summed E-state index contributed by atoms with van der Waals surface area (Å²) in [7, 11) is 1.54. The molecule has 0 radical (unpaired) electrons. The molecule has 0 bridgehead atoms. The number of carbonyl (C=O) groups is 2. The number of amides is 1. The van der Waals surface area contributed by atoms with Gasteiger partial charge in [-0.2, -0.15) is 0 Å². The summed E-state index contributed by atoms with van der Waals surface area (Å²) in [5.41, 5.74) is 0.920. The number of carboxylic acid groups (broad SMARTS) is 1. The second-order valence-electron chi connectivity index (χ2n) is 4.76. The first-order valence-electron chi connectivity index (χ1n) is 6.31. The van der Waals surface area contributed by atoms with Gasteiger partial charge in [-0.3, -0.25) is 4.79 Å². The van der Waals surface area contributed by atoms with E-state index in [0.29, 0.717) is 13.0 Å². The van der Waals surface area contributed by atoms with Gasteiger partial charge in [0, 0.05) is 23.6 Å². The highest BCUT2D eigenvalue weighted by Crippen LogP contribution is 2.22. The Bertz CT molecular complexity index is 520. The second-order valence-corrected chi connectivity index (χ2v) is 5.92. The molecule has 1 fully saturated rings. The van der Waals surface area contributed by atoms with Gasteiger partial charge in [-0.05, 0) is 34.2 Å². The smallest absolute Gasteiger partial charge is 0.326 e. The number of carboxylic acids is 1. The monoisotopic (exact) mass is 389 g/mol. The normalized spacial score (nSPS) is 22.0. The molecule has 1 aromatic carbocycles. The largest absolute Gasteiger partial charge is 0.480 e. The fraction of sp³-hybridized carbons (Fsp3) is 0.429. The number of likely N-dealkylation sites (tertiary alicyclic amines) is 1. The zero-order valence-electron chi connectivity index (χ0n) is 11.1. The number of carbonyl (C=O) groups excluding carboxylic acids is 1. The van der Waals surface area contributed by atoms with Crippen LogP contribution in [0.25, 0.3) is 0 Å². The minimum absolute atomic E-state index is 0.166. The molecule has 108 valence electrons. The third kappa shape index (κ3) is 3.29. The molecular formula is C14H16INO4. The van der Waals surface area contributed by atoms with Crippen molar-refractivity contribution >= 4 is 34.5 Å². The van der Waals surface area contributed by atoms with Crippen LogP contribution in [0.15, 0.2) is 24.3 Å². The summed E-state index contributed by atoms with van der Waals surface area (Å²) in [6, 6.07) is 6.82. The number of halogens is 1. The lowest BCUT2D eigenvalue weighted by molar-refractivity contribution is -0.148. The van der Waals surface area contributed by atoms with Gasteiger partial charge in [0.25, 0.3) is 0 Å². The van der Waals surface area contributed by atoms with E-state index in [4.69, 9.17) is 4.74 Å². The Hall–Kier alpha value is -1.15. The van der Waals surface area contributed by atoms with E-state index in [-0.39, 0.29) is 18.4 Å². The topological polar surface area (TPSA) is 66.8 Å². The van der Waals surface area contributed by atoms with E-state index >= 15 is 0 Å². The van der Waals surface area contributed by atoms with Crippen molar-refractivity contribution in [2.45, 2.75) is 25.0 Å². The Morgan fingerprint density at radius 3 is 2.75 bits per heavy atom. The van der Waals surface area contributed by atoms with E-state index in [2.05, 4.69) is 22.6 Å². The molecular weight excluding hydrogens is 373 g/mol. The molecule has 2 rings (SSSR count). The Labute approximate surface area is 131 Å². The molecule has 1 aliphatic rings. The van der Waals surface area contributed by atoms with E-state index in [9.17, 15) is 14.7 Å². The van der Waals surface area contributed by atoms with Crippen LogP contribution in [0.3, 0.4) is 0 Å². The van der Waals surface area contributed by atoms with Gasteiger partial charge in [0.2, 0.25) is 5.91 Å². The number of benzene rings is 1. The van der Waals surface area contributed by atoms with Gasteiger partial charge in [-0.1, -0.05) is 18.2 Å². The van der Waals surface area contributed by atoms with Gasteiger partial charge in [0.05, 0.1) is 12.5 Å². The molecule has 20 heavy (non-hydrogen) atoms. The van der Waals surface area contributed by atoms with E-state index < -0.39 is 12.0 Å². The lowest BCUT2D eigenvalue weighted by Gasteiger charge is -2.21.